The van der Waals surface area contributed by atoms with E-state index in [4.69, 9.17) is 4.74 Å². The van der Waals surface area contributed by atoms with Gasteiger partial charge in [-0.1, -0.05) is 0 Å². The van der Waals surface area contributed by atoms with E-state index in [0.29, 0.717) is 0 Å². The van der Waals surface area contributed by atoms with Crippen molar-refractivity contribution in [3.05, 3.63) is 24.3 Å². The molecule has 0 saturated carbocycles. The van der Waals surface area contributed by atoms with Crippen LogP contribution in [0.2, 0.25) is 0 Å². The summed E-state index contributed by atoms with van der Waals surface area (Å²) in [5, 5.41) is 3.37. The molecule has 1 N–H and O–H groups in total. The van der Waals surface area contributed by atoms with E-state index in [1.807, 2.05) is 29.2 Å². The fourth-order valence-corrected chi connectivity index (χ4v) is 3.19. The molecule has 4 nitrogen and oxygen atoms in total. The van der Waals surface area contributed by atoms with Gasteiger partial charge in [0.25, 0.3) is 0 Å². The lowest BCUT2D eigenvalue weighted by atomic mass is 9.79. The Morgan fingerprint density at radius 3 is 2.68 bits per heavy atom. The molecule has 1 aromatic rings. The summed E-state index contributed by atoms with van der Waals surface area (Å²) in [6.45, 7) is 2.70. The number of ether oxygens (including phenoxy) is 1. The molecule has 2 aliphatic rings. The number of anilines is 1. The maximum absolute atomic E-state index is 12.7. The monoisotopic (exact) mass is 260 g/mol. The van der Waals surface area contributed by atoms with Crippen molar-refractivity contribution in [1.29, 1.82) is 0 Å². The molecule has 2 fully saturated rings. The molecule has 1 atom stereocenters. The van der Waals surface area contributed by atoms with Gasteiger partial charge < -0.3 is 15.0 Å². The van der Waals surface area contributed by atoms with Crippen LogP contribution in [-0.2, 0) is 4.79 Å². The van der Waals surface area contributed by atoms with Gasteiger partial charge in [-0.15, -0.1) is 0 Å². The van der Waals surface area contributed by atoms with Gasteiger partial charge in [-0.3, -0.25) is 4.79 Å². The zero-order chi connectivity index (χ0) is 13.3. The average Bonchev–Trinajstić information content (AvgIpc) is 2.77. The lowest BCUT2D eigenvalue weighted by molar-refractivity contribution is -0.126. The van der Waals surface area contributed by atoms with E-state index in [-0.39, 0.29) is 11.3 Å². The summed E-state index contributed by atoms with van der Waals surface area (Å²) in [4.78, 5) is 14.6. The normalized spacial score (nSPS) is 27.0. The number of carbonyl (C=O) groups excluding carboxylic acids is 1. The Morgan fingerprint density at radius 1 is 1.26 bits per heavy atom. The quantitative estimate of drug-likeness (QED) is 0.881. The van der Waals surface area contributed by atoms with Gasteiger partial charge in [0.1, 0.15) is 5.75 Å². The van der Waals surface area contributed by atoms with Crippen LogP contribution in [0.15, 0.2) is 24.3 Å². The van der Waals surface area contributed by atoms with Crippen LogP contribution in [0.1, 0.15) is 19.3 Å². The molecule has 0 aliphatic carbocycles. The van der Waals surface area contributed by atoms with Crippen molar-refractivity contribution in [1.82, 2.24) is 5.32 Å². The Labute approximate surface area is 113 Å². The van der Waals surface area contributed by atoms with Crippen molar-refractivity contribution in [2.45, 2.75) is 19.3 Å². The van der Waals surface area contributed by atoms with Crippen LogP contribution < -0.4 is 15.0 Å². The number of carbonyl (C=O) groups is 1. The number of methoxy groups -OCH3 is 1. The molecule has 1 aromatic carbocycles. The van der Waals surface area contributed by atoms with Gasteiger partial charge >= 0.3 is 0 Å². The van der Waals surface area contributed by atoms with Crippen molar-refractivity contribution < 1.29 is 9.53 Å². The molecule has 0 radical (unpaired) electrons. The molecule has 3 rings (SSSR count). The van der Waals surface area contributed by atoms with Gasteiger partial charge in [-0.25, -0.2) is 0 Å². The molecule has 1 spiro atoms. The molecule has 2 heterocycles. The molecule has 0 aromatic heterocycles. The van der Waals surface area contributed by atoms with Gasteiger partial charge in [0.05, 0.1) is 12.5 Å². The largest absolute Gasteiger partial charge is 0.497 e. The standard InChI is InChI=1S/C15H20N2O2/c1-19-13-5-3-12(4-6-13)17-10-8-15(14(17)18)7-2-9-16-11-15/h3-6,16H,2,7-11H2,1H3. The van der Waals surface area contributed by atoms with Crippen LogP contribution in [0.4, 0.5) is 5.69 Å². The fraction of sp³-hybridized carbons (Fsp3) is 0.533. The predicted octanol–water partition coefficient (Wildman–Crippen LogP) is 1.80. The van der Waals surface area contributed by atoms with E-state index in [1.165, 1.54) is 0 Å². The Bertz CT molecular complexity index is 464. The van der Waals surface area contributed by atoms with Gasteiger partial charge in [0, 0.05) is 18.8 Å². The van der Waals surface area contributed by atoms with Crippen molar-refractivity contribution in [3.8, 4) is 5.75 Å². The highest BCUT2D eigenvalue weighted by atomic mass is 16.5. The van der Waals surface area contributed by atoms with Gasteiger partial charge in [0.15, 0.2) is 0 Å². The second-order valence-electron chi connectivity index (χ2n) is 5.47. The van der Waals surface area contributed by atoms with E-state index in [2.05, 4.69) is 5.32 Å². The maximum atomic E-state index is 12.7. The highest BCUT2D eigenvalue weighted by Gasteiger charge is 2.47. The van der Waals surface area contributed by atoms with Gasteiger partial charge in [-0.05, 0) is 50.1 Å². The average molecular weight is 260 g/mol. The molecule has 19 heavy (non-hydrogen) atoms. The summed E-state index contributed by atoms with van der Waals surface area (Å²) >= 11 is 0. The molecule has 1 unspecified atom stereocenters. The number of amides is 1. The maximum Gasteiger partial charge on any atom is 0.234 e. The molecule has 2 saturated heterocycles. The van der Waals surface area contributed by atoms with Crippen molar-refractivity contribution in [3.63, 3.8) is 0 Å². The molecule has 2 aliphatic heterocycles. The third-order valence-electron chi connectivity index (χ3n) is 4.37. The summed E-state index contributed by atoms with van der Waals surface area (Å²) in [6, 6.07) is 7.75. The number of benzene rings is 1. The first-order chi connectivity index (χ1) is 9.25. The zero-order valence-electron chi connectivity index (χ0n) is 11.3. The van der Waals surface area contributed by atoms with E-state index in [0.717, 1.165) is 50.3 Å². The number of piperidine rings is 1. The third kappa shape index (κ3) is 2.10. The second-order valence-corrected chi connectivity index (χ2v) is 5.47. The minimum atomic E-state index is -0.155. The van der Waals surface area contributed by atoms with E-state index >= 15 is 0 Å². The lowest BCUT2D eigenvalue weighted by Crippen LogP contribution is -2.45. The number of rotatable bonds is 2. The molecular weight excluding hydrogens is 240 g/mol. The summed E-state index contributed by atoms with van der Waals surface area (Å²) in [7, 11) is 1.65. The minimum Gasteiger partial charge on any atom is -0.497 e. The molecule has 4 heteroatoms. The number of nitrogens with zero attached hydrogens (tertiary/aromatic N) is 1. The van der Waals surface area contributed by atoms with Crippen LogP contribution in [0.3, 0.4) is 0 Å². The highest BCUT2D eigenvalue weighted by Crippen LogP contribution is 2.39. The Morgan fingerprint density at radius 2 is 2.05 bits per heavy atom. The molecular formula is C15H20N2O2. The SMILES string of the molecule is COc1ccc(N2CCC3(CCCNC3)C2=O)cc1. The number of hydrogen-bond acceptors (Lipinski definition) is 3. The Kier molecular flexibility index (Phi) is 3.19. The summed E-state index contributed by atoms with van der Waals surface area (Å²) in [6.07, 6.45) is 3.08. The van der Waals surface area contributed by atoms with Crippen LogP contribution >= 0.6 is 0 Å². The van der Waals surface area contributed by atoms with Gasteiger partial charge in [-0.2, -0.15) is 0 Å². The molecule has 102 valence electrons. The van der Waals surface area contributed by atoms with E-state index < -0.39 is 0 Å². The lowest BCUT2D eigenvalue weighted by Gasteiger charge is -2.32. The summed E-state index contributed by atoms with van der Waals surface area (Å²) in [5.74, 6) is 1.11. The zero-order valence-corrected chi connectivity index (χ0v) is 11.3. The Balaban J connectivity index is 1.80. The predicted molar refractivity (Wildman–Crippen MR) is 74.5 cm³/mol. The van der Waals surface area contributed by atoms with Crippen LogP contribution in [-0.4, -0.2) is 32.7 Å². The summed E-state index contributed by atoms with van der Waals surface area (Å²) in [5.41, 5.74) is 0.825. The summed E-state index contributed by atoms with van der Waals surface area (Å²) < 4.78 is 5.16. The van der Waals surface area contributed by atoms with Crippen molar-refractivity contribution in [2.75, 3.05) is 31.6 Å². The van der Waals surface area contributed by atoms with E-state index in [1.54, 1.807) is 7.11 Å². The van der Waals surface area contributed by atoms with Crippen LogP contribution in [0.25, 0.3) is 0 Å². The highest BCUT2D eigenvalue weighted by molar-refractivity contribution is 6.00. The van der Waals surface area contributed by atoms with Crippen molar-refractivity contribution >= 4 is 11.6 Å². The number of hydrogen-bond donors (Lipinski definition) is 1. The molecule has 1 amide bonds. The Hall–Kier alpha value is -1.55. The third-order valence-corrected chi connectivity index (χ3v) is 4.37. The first-order valence-corrected chi connectivity index (χ1v) is 6.92. The van der Waals surface area contributed by atoms with Crippen LogP contribution in [0, 0.1) is 5.41 Å². The van der Waals surface area contributed by atoms with Crippen molar-refractivity contribution in [2.24, 2.45) is 5.41 Å². The second kappa shape index (κ2) is 4.85. The van der Waals surface area contributed by atoms with E-state index in [9.17, 15) is 4.79 Å². The minimum absolute atomic E-state index is 0.155. The topological polar surface area (TPSA) is 41.6 Å². The first-order valence-electron chi connectivity index (χ1n) is 6.92. The molecule has 0 bridgehead atoms. The number of nitrogens with one attached hydrogen (secondary N) is 1. The first kappa shape index (κ1) is 12.5. The van der Waals surface area contributed by atoms with Crippen LogP contribution in [0.5, 0.6) is 5.75 Å². The smallest absolute Gasteiger partial charge is 0.234 e. The van der Waals surface area contributed by atoms with Gasteiger partial charge in [0.2, 0.25) is 5.91 Å². The fourth-order valence-electron chi connectivity index (χ4n) is 3.19.